The van der Waals surface area contributed by atoms with Gasteiger partial charge in [0.1, 0.15) is 0 Å². The van der Waals surface area contributed by atoms with Crippen LogP contribution in [0.2, 0.25) is 0 Å². The van der Waals surface area contributed by atoms with Crippen molar-refractivity contribution in [3.8, 4) is 0 Å². The molecule has 3 rings (SSSR count). The maximum atomic E-state index is 5.47. The number of hydrogen-bond donors (Lipinski definition) is 0. The van der Waals surface area contributed by atoms with Gasteiger partial charge in [-0.3, -0.25) is 0 Å². The molecule has 2 aliphatic carbocycles. The zero-order chi connectivity index (χ0) is 16.1. The van der Waals surface area contributed by atoms with E-state index < -0.39 is 0 Å². The number of rotatable bonds is 5. The van der Waals surface area contributed by atoms with Crippen LogP contribution in [0, 0.1) is 0 Å². The largest absolute Gasteiger partial charge is 0.377 e. The molecular formula is C21H33OP. The highest BCUT2D eigenvalue weighted by Crippen LogP contribution is 2.54. The smallest absolute Gasteiger partial charge is 0.0793 e. The summed E-state index contributed by atoms with van der Waals surface area (Å²) in [7, 11) is 1.83. The van der Waals surface area contributed by atoms with Crippen LogP contribution >= 0.6 is 7.92 Å². The van der Waals surface area contributed by atoms with Crippen LogP contribution in [-0.4, -0.2) is 18.4 Å². The van der Waals surface area contributed by atoms with Crippen LogP contribution in [0.3, 0.4) is 0 Å². The maximum absolute atomic E-state index is 5.47. The van der Waals surface area contributed by atoms with Crippen LogP contribution in [0.5, 0.6) is 0 Å². The molecule has 1 nitrogen and oxygen atoms in total. The van der Waals surface area contributed by atoms with Gasteiger partial charge in [0.15, 0.2) is 0 Å². The Bertz CT molecular complexity index is 439. The molecule has 0 aliphatic heterocycles. The first-order valence-corrected chi connectivity index (χ1v) is 11.2. The van der Waals surface area contributed by atoms with Gasteiger partial charge in [0.25, 0.3) is 0 Å². The molecule has 0 bridgehead atoms. The summed E-state index contributed by atoms with van der Waals surface area (Å²) >= 11 is 0. The minimum Gasteiger partial charge on any atom is -0.377 e. The van der Waals surface area contributed by atoms with Crippen molar-refractivity contribution in [1.29, 1.82) is 0 Å². The Hall–Kier alpha value is -0.390. The van der Waals surface area contributed by atoms with Gasteiger partial charge in [-0.05, 0) is 54.8 Å². The minimum atomic E-state index is 0.0312. The highest BCUT2D eigenvalue weighted by Gasteiger charge is 2.32. The first-order chi connectivity index (χ1) is 11.3. The lowest BCUT2D eigenvalue weighted by atomic mass is 9.99. The van der Waals surface area contributed by atoms with E-state index in [9.17, 15) is 0 Å². The molecule has 2 heteroatoms. The van der Waals surface area contributed by atoms with Gasteiger partial charge in [0, 0.05) is 7.11 Å². The van der Waals surface area contributed by atoms with E-state index in [0.717, 1.165) is 11.3 Å². The number of ether oxygens (including phenoxy) is 1. The fourth-order valence-corrected chi connectivity index (χ4v) is 8.27. The van der Waals surface area contributed by atoms with Crippen LogP contribution in [0.1, 0.15) is 82.8 Å². The Morgan fingerprint density at radius 1 is 0.826 bits per heavy atom. The molecule has 1 aromatic rings. The van der Waals surface area contributed by atoms with Crippen molar-refractivity contribution in [3.05, 3.63) is 29.8 Å². The molecule has 2 aliphatic rings. The normalized spacial score (nSPS) is 22.4. The van der Waals surface area contributed by atoms with Crippen LogP contribution in [0.15, 0.2) is 24.3 Å². The molecule has 0 heterocycles. The van der Waals surface area contributed by atoms with Crippen LogP contribution in [0.25, 0.3) is 0 Å². The third kappa shape index (κ3) is 4.37. The van der Waals surface area contributed by atoms with E-state index in [4.69, 9.17) is 4.74 Å². The van der Waals surface area contributed by atoms with Gasteiger partial charge in [0.2, 0.25) is 0 Å². The molecule has 0 N–H and O–H groups in total. The highest BCUT2D eigenvalue weighted by molar-refractivity contribution is 7.67. The van der Waals surface area contributed by atoms with Crippen molar-refractivity contribution < 1.29 is 4.74 Å². The maximum Gasteiger partial charge on any atom is 0.0793 e. The zero-order valence-electron chi connectivity index (χ0n) is 15.0. The first-order valence-electron chi connectivity index (χ1n) is 9.70. The third-order valence-corrected chi connectivity index (χ3v) is 9.45. The number of methoxy groups -OCH3 is 1. The van der Waals surface area contributed by atoms with Gasteiger partial charge >= 0.3 is 0 Å². The van der Waals surface area contributed by atoms with Crippen molar-refractivity contribution in [2.45, 2.75) is 88.6 Å². The lowest BCUT2D eigenvalue weighted by molar-refractivity contribution is 0.119. The fourth-order valence-electron chi connectivity index (χ4n) is 4.49. The fraction of sp³-hybridized carbons (Fsp3) is 0.714. The summed E-state index contributed by atoms with van der Waals surface area (Å²) < 4.78 is 5.47. The predicted octanol–water partition coefficient (Wildman–Crippen LogP) is 6.17. The predicted molar refractivity (Wildman–Crippen MR) is 102 cm³/mol. The molecular weight excluding hydrogens is 299 g/mol. The summed E-state index contributed by atoms with van der Waals surface area (Å²) in [5.41, 5.74) is 3.30. The van der Waals surface area contributed by atoms with E-state index in [0.29, 0.717) is 0 Å². The lowest BCUT2D eigenvalue weighted by Gasteiger charge is -2.38. The van der Waals surface area contributed by atoms with Crippen LogP contribution in [-0.2, 0) is 4.74 Å². The van der Waals surface area contributed by atoms with Crippen molar-refractivity contribution in [2.75, 3.05) is 7.11 Å². The summed E-state index contributed by atoms with van der Waals surface area (Å²) in [6.45, 7) is 2.14. The Morgan fingerprint density at radius 2 is 1.30 bits per heavy atom. The standard InChI is InChI=1S/C21H33OP/c1-17(22-2)18-13-15-21(16-14-18)23(19-9-5-3-6-10-19)20-11-7-4-8-12-20/h13-17,19-20H,3-12H2,1-2H3. The number of hydrogen-bond acceptors (Lipinski definition) is 1. The van der Waals surface area contributed by atoms with Crippen LogP contribution < -0.4 is 5.30 Å². The summed E-state index contributed by atoms with van der Waals surface area (Å²) in [5.74, 6) is 0. The minimum absolute atomic E-state index is 0.0312. The molecule has 1 atom stereocenters. The second kappa shape index (κ2) is 8.63. The van der Waals surface area contributed by atoms with Gasteiger partial charge in [-0.15, -0.1) is 0 Å². The average molecular weight is 332 g/mol. The molecule has 2 saturated carbocycles. The van der Waals surface area contributed by atoms with Crippen molar-refractivity contribution in [1.82, 2.24) is 0 Å². The topological polar surface area (TPSA) is 9.23 Å². The zero-order valence-corrected chi connectivity index (χ0v) is 15.9. The van der Waals surface area contributed by atoms with Crippen molar-refractivity contribution >= 4 is 13.2 Å². The monoisotopic (exact) mass is 332 g/mol. The van der Waals surface area contributed by atoms with E-state index in [1.165, 1.54) is 69.8 Å². The van der Waals surface area contributed by atoms with E-state index in [-0.39, 0.29) is 14.0 Å². The molecule has 1 unspecified atom stereocenters. The quantitative estimate of drug-likeness (QED) is 0.586. The van der Waals surface area contributed by atoms with Gasteiger partial charge < -0.3 is 4.74 Å². The second-order valence-corrected chi connectivity index (χ2v) is 10.3. The Kier molecular flexibility index (Phi) is 6.54. The molecule has 0 amide bonds. The molecule has 0 saturated heterocycles. The van der Waals surface area contributed by atoms with Crippen molar-refractivity contribution in [2.24, 2.45) is 0 Å². The van der Waals surface area contributed by atoms with E-state index >= 15 is 0 Å². The Labute approximate surface area is 144 Å². The number of benzene rings is 1. The van der Waals surface area contributed by atoms with E-state index in [1.54, 1.807) is 12.4 Å². The average Bonchev–Trinajstić information content (AvgIpc) is 2.64. The second-order valence-electron chi connectivity index (χ2n) is 7.46. The van der Waals surface area contributed by atoms with Crippen molar-refractivity contribution in [3.63, 3.8) is 0 Å². The van der Waals surface area contributed by atoms with Gasteiger partial charge in [-0.1, -0.05) is 70.7 Å². The summed E-state index contributed by atoms with van der Waals surface area (Å²) in [6, 6.07) is 9.54. The van der Waals surface area contributed by atoms with Crippen LogP contribution in [0.4, 0.5) is 0 Å². The molecule has 0 aromatic heterocycles. The molecule has 0 spiro atoms. The van der Waals surface area contributed by atoms with Gasteiger partial charge in [-0.2, -0.15) is 0 Å². The summed E-state index contributed by atoms with van der Waals surface area (Å²) in [5, 5.41) is 1.67. The highest BCUT2D eigenvalue weighted by atomic mass is 31.1. The van der Waals surface area contributed by atoms with Gasteiger partial charge in [-0.25, -0.2) is 0 Å². The molecule has 0 radical (unpaired) electrons. The van der Waals surface area contributed by atoms with E-state index in [1.807, 2.05) is 0 Å². The molecule has 128 valence electrons. The molecule has 2 fully saturated rings. The third-order valence-electron chi connectivity index (χ3n) is 5.95. The van der Waals surface area contributed by atoms with E-state index in [2.05, 4.69) is 31.2 Å². The first kappa shape index (κ1) is 17.4. The molecule has 23 heavy (non-hydrogen) atoms. The summed E-state index contributed by atoms with van der Waals surface area (Å²) in [4.78, 5) is 0. The SMILES string of the molecule is COC(C)c1ccc(P(C2CCCCC2)C2CCCCC2)cc1. The summed E-state index contributed by atoms with van der Waals surface area (Å²) in [6.07, 6.45) is 14.9. The lowest BCUT2D eigenvalue weighted by Crippen LogP contribution is -2.26. The van der Waals surface area contributed by atoms with Gasteiger partial charge in [0.05, 0.1) is 6.10 Å². The Balaban J connectivity index is 1.81. The Morgan fingerprint density at radius 3 is 1.74 bits per heavy atom. The molecule has 1 aromatic carbocycles.